The number of carbonyl (C=O) groups excluding carboxylic acids is 2. The van der Waals surface area contributed by atoms with Crippen molar-refractivity contribution in [2.75, 3.05) is 45.9 Å². The van der Waals surface area contributed by atoms with Crippen LogP contribution in [-0.4, -0.2) is 84.0 Å². The number of likely N-dealkylation sites (tertiary alicyclic amines) is 1. The van der Waals surface area contributed by atoms with E-state index in [1.807, 2.05) is 28.0 Å². The Morgan fingerprint density at radius 2 is 1.70 bits per heavy atom. The third kappa shape index (κ3) is 5.03. The van der Waals surface area contributed by atoms with E-state index in [1.165, 1.54) is 5.56 Å². The minimum absolute atomic E-state index is 0.0726. The fourth-order valence-corrected chi connectivity index (χ4v) is 5.28. The van der Waals surface area contributed by atoms with Gasteiger partial charge in [-0.3, -0.25) is 14.5 Å². The monoisotopic (exact) mass is 413 g/mol. The second kappa shape index (κ2) is 9.48. The van der Waals surface area contributed by atoms with Crippen molar-refractivity contribution in [3.05, 3.63) is 35.9 Å². The zero-order chi connectivity index (χ0) is 21.0. The van der Waals surface area contributed by atoms with E-state index in [9.17, 15) is 9.59 Å². The van der Waals surface area contributed by atoms with Gasteiger partial charge in [0.05, 0.1) is 5.60 Å². The standard InChI is InChI=1S/C24H35N3O3/c1-20(28)25-14-16-26(17-15-25)22-9-18-30-24(19-22)10-12-27(13-11-24)23(29)8-7-21-5-3-2-4-6-21/h2-6,22H,7-19H2,1H3/t22-/m0/s1. The predicted octanol–water partition coefficient (Wildman–Crippen LogP) is 2.32. The predicted molar refractivity (Wildman–Crippen MR) is 116 cm³/mol. The minimum Gasteiger partial charge on any atom is -0.375 e. The van der Waals surface area contributed by atoms with Crippen LogP contribution in [0.25, 0.3) is 0 Å². The molecular formula is C24H35N3O3. The molecule has 6 nitrogen and oxygen atoms in total. The van der Waals surface area contributed by atoms with Crippen LogP contribution in [0.2, 0.25) is 0 Å². The fourth-order valence-electron chi connectivity index (χ4n) is 5.28. The number of aryl methyl sites for hydroxylation is 1. The summed E-state index contributed by atoms with van der Waals surface area (Å²) in [7, 11) is 0. The first kappa shape index (κ1) is 21.3. The fraction of sp³-hybridized carbons (Fsp3) is 0.667. The van der Waals surface area contributed by atoms with Crippen LogP contribution in [0.5, 0.6) is 0 Å². The molecule has 0 saturated carbocycles. The second-order valence-corrected chi connectivity index (χ2v) is 9.09. The minimum atomic E-state index is -0.0726. The van der Waals surface area contributed by atoms with Gasteiger partial charge in [-0.2, -0.15) is 0 Å². The summed E-state index contributed by atoms with van der Waals surface area (Å²) in [5.74, 6) is 0.448. The van der Waals surface area contributed by atoms with E-state index >= 15 is 0 Å². The number of rotatable bonds is 4. The summed E-state index contributed by atoms with van der Waals surface area (Å²) in [5.41, 5.74) is 1.15. The summed E-state index contributed by atoms with van der Waals surface area (Å²) < 4.78 is 6.32. The number of nitrogens with zero attached hydrogens (tertiary/aromatic N) is 3. The highest BCUT2D eigenvalue weighted by atomic mass is 16.5. The maximum absolute atomic E-state index is 12.7. The van der Waals surface area contributed by atoms with Crippen molar-refractivity contribution in [3.63, 3.8) is 0 Å². The Labute approximate surface area is 180 Å². The molecule has 1 atom stereocenters. The van der Waals surface area contributed by atoms with Crippen LogP contribution < -0.4 is 0 Å². The number of hydrogen-bond donors (Lipinski definition) is 0. The van der Waals surface area contributed by atoms with Crippen LogP contribution in [0.15, 0.2) is 30.3 Å². The molecule has 30 heavy (non-hydrogen) atoms. The first-order chi connectivity index (χ1) is 14.5. The van der Waals surface area contributed by atoms with Crippen LogP contribution in [0.3, 0.4) is 0 Å². The van der Waals surface area contributed by atoms with E-state index in [0.717, 1.165) is 78.0 Å². The molecule has 1 aromatic rings. The van der Waals surface area contributed by atoms with Crippen molar-refractivity contribution in [2.24, 2.45) is 0 Å². The average Bonchev–Trinajstić information content (AvgIpc) is 2.79. The molecule has 3 saturated heterocycles. The Morgan fingerprint density at radius 3 is 2.37 bits per heavy atom. The molecule has 0 radical (unpaired) electrons. The van der Waals surface area contributed by atoms with E-state index in [2.05, 4.69) is 17.0 Å². The Morgan fingerprint density at radius 1 is 1.00 bits per heavy atom. The highest BCUT2D eigenvalue weighted by molar-refractivity contribution is 5.76. The lowest BCUT2D eigenvalue weighted by molar-refractivity contribution is -0.151. The number of carbonyl (C=O) groups is 2. The number of benzene rings is 1. The smallest absolute Gasteiger partial charge is 0.222 e. The third-order valence-corrected chi connectivity index (χ3v) is 7.24. The van der Waals surface area contributed by atoms with E-state index in [1.54, 1.807) is 6.92 Å². The van der Waals surface area contributed by atoms with Gasteiger partial charge in [0, 0.05) is 65.3 Å². The topological polar surface area (TPSA) is 53.1 Å². The van der Waals surface area contributed by atoms with Gasteiger partial charge in [0.25, 0.3) is 0 Å². The largest absolute Gasteiger partial charge is 0.375 e. The molecule has 3 aliphatic rings. The lowest BCUT2D eigenvalue weighted by Crippen LogP contribution is -2.57. The molecule has 0 bridgehead atoms. The zero-order valence-corrected chi connectivity index (χ0v) is 18.2. The van der Waals surface area contributed by atoms with Gasteiger partial charge in [0.2, 0.25) is 11.8 Å². The van der Waals surface area contributed by atoms with Crippen molar-refractivity contribution < 1.29 is 14.3 Å². The van der Waals surface area contributed by atoms with E-state index in [-0.39, 0.29) is 17.4 Å². The van der Waals surface area contributed by atoms with Crippen molar-refractivity contribution >= 4 is 11.8 Å². The number of piperazine rings is 1. The Hall–Kier alpha value is -1.92. The van der Waals surface area contributed by atoms with Gasteiger partial charge in [-0.1, -0.05) is 30.3 Å². The van der Waals surface area contributed by atoms with Crippen LogP contribution >= 0.6 is 0 Å². The van der Waals surface area contributed by atoms with Crippen molar-refractivity contribution in [3.8, 4) is 0 Å². The molecule has 0 aromatic heterocycles. The molecule has 0 aliphatic carbocycles. The lowest BCUT2D eigenvalue weighted by Gasteiger charge is -2.49. The molecule has 4 rings (SSSR count). The van der Waals surface area contributed by atoms with Crippen LogP contribution in [0.1, 0.15) is 44.6 Å². The Balaban J connectivity index is 1.25. The van der Waals surface area contributed by atoms with Gasteiger partial charge in [-0.25, -0.2) is 0 Å². The van der Waals surface area contributed by atoms with Crippen LogP contribution in [0, 0.1) is 0 Å². The Kier molecular flexibility index (Phi) is 6.74. The van der Waals surface area contributed by atoms with E-state index < -0.39 is 0 Å². The van der Waals surface area contributed by atoms with Gasteiger partial charge in [-0.05, 0) is 37.7 Å². The molecule has 1 spiro atoms. The maximum atomic E-state index is 12.7. The molecule has 3 fully saturated rings. The highest BCUT2D eigenvalue weighted by Gasteiger charge is 2.42. The quantitative estimate of drug-likeness (QED) is 0.760. The van der Waals surface area contributed by atoms with Gasteiger partial charge in [0.15, 0.2) is 0 Å². The number of ether oxygens (including phenoxy) is 1. The zero-order valence-electron chi connectivity index (χ0n) is 18.2. The molecule has 3 heterocycles. The van der Waals surface area contributed by atoms with E-state index in [4.69, 9.17) is 4.74 Å². The van der Waals surface area contributed by atoms with Crippen molar-refractivity contribution in [2.45, 2.75) is 57.1 Å². The van der Waals surface area contributed by atoms with Crippen molar-refractivity contribution in [1.29, 1.82) is 0 Å². The molecule has 6 heteroatoms. The summed E-state index contributed by atoms with van der Waals surface area (Å²) in [6.45, 7) is 7.67. The van der Waals surface area contributed by atoms with Gasteiger partial charge in [-0.15, -0.1) is 0 Å². The summed E-state index contributed by atoms with van der Waals surface area (Å²) in [6, 6.07) is 10.8. The van der Waals surface area contributed by atoms with Gasteiger partial charge >= 0.3 is 0 Å². The van der Waals surface area contributed by atoms with Crippen molar-refractivity contribution in [1.82, 2.24) is 14.7 Å². The normalized spacial score (nSPS) is 24.8. The highest BCUT2D eigenvalue weighted by Crippen LogP contribution is 2.37. The molecule has 1 aromatic carbocycles. The van der Waals surface area contributed by atoms with Gasteiger partial charge < -0.3 is 14.5 Å². The van der Waals surface area contributed by atoms with Crippen LogP contribution in [0.4, 0.5) is 0 Å². The summed E-state index contributed by atoms with van der Waals surface area (Å²) in [5, 5.41) is 0. The molecule has 0 N–H and O–H groups in total. The van der Waals surface area contributed by atoms with Crippen LogP contribution in [-0.2, 0) is 20.7 Å². The number of hydrogen-bond acceptors (Lipinski definition) is 4. The lowest BCUT2D eigenvalue weighted by atomic mass is 9.81. The summed E-state index contributed by atoms with van der Waals surface area (Å²) in [6.07, 6.45) is 5.40. The summed E-state index contributed by atoms with van der Waals surface area (Å²) in [4.78, 5) is 30.8. The first-order valence-electron chi connectivity index (χ1n) is 11.5. The average molecular weight is 414 g/mol. The first-order valence-corrected chi connectivity index (χ1v) is 11.5. The molecular weight excluding hydrogens is 378 g/mol. The SMILES string of the molecule is CC(=O)N1CCN([C@H]2CCOC3(CCN(C(=O)CCc4ccccc4)CC3)C2)CC1. The molecule has 164 valence electrons. The molecule has 3 aliphatic heterocycles. The molecule has 2 amide bonds. The second-order valence-electron chi connectivity index (χ2n) is 9.09. The maximum Gasteiger partial charge on any atom is 0.222 e. The van der Waals surface area contributed by atoms with E-state index in [0.29, 0.717) is 12.5 Å². The Bertz CT molecular complexity index is 722. The number of amides is 2. The molecule has 0 unspecified atom stereocenters. The third-order valence-electron chi connectivity index (χ3n) is 7.24. The van der Waals surface area contributed by atoms with Gasteiger partial charge in [0.1, 0.15) is 0 Å². The summed E-state index contributed by atoms with van der Waals surface area (Å²) >= 11 is 0. The number of piperidine rings is 1.